The van der Waals surface area contributed by atoms with Crippen LogP contribution >= 0.6 is 11.3 Å². The first kappa shape index (κ1) is 33.7. The Labute approximate surface area is 356 Å². The van der Waals surface area contributed by atoms with Crippen LogP contribution in [0.15, 0.2) is 191 Å². The Morgan fingerprint density at radius 2 is 0.935 bits per heavy atom. The number of benzene rings is 9. The number of hydrogen-bond acceptors (Lipinski definition) is 6. The lowest BCUT2D eigenvalue weighted by molar-refractivity contribution is 0.669. The third-order valence-electron chi connectivity index (χ3n) is 12.5. The Kier molecular flexibility index (Phi) is 6.89. The molecule has 5 heterocycles. The highest BCUT2D eigenvalue weighted by molar-refractivity contribution is 7.26. The average molecular weight is 811 g/mol. The van der Waals surface area contributed by atoms with E-state index in [1.807, 2.05) is 48.5 Å². The molecule has 0 aliphatic rings. The molecule has 6 nitrogen and oxygen atoms in total. The summed E-state index contributed by atoms with van der Waals surface area (Å²) >= 11 is 1.77. The summed E-state index contributed by atoms with van der Waals surface area (Å²) in [5, 5.41) is 11.3. The molecule has 0 saturated carbocycles. The van der Waals surface area contributed by atoms with Gasteiger partial charge >= 0.3 is 0 Å². The molecule has 14 rings (SSSR count). The Balaban J connectivity index is 1.10. The van der Waals surface area contributed by atoms with Gasteiger partial charge in [-0.1, -0.05) is 127 Å². The van der Waals surface area contributed by atoms with Crippen LogP contribution in [0.2, 0.25) is 0 Å². The van der Waals surface area contributed by atoms with E-state index in [4.69, 9.17) is 23.8 Å². The summed E-state index contributed by atoms with van der Waals surface area (Å²) in [6.07, 6.45) is 0. The van der Waals surface area contributed by atoms with Crippen molar-refractivity contribution < 1.29 is 8.83 Å². The number of nitrogens with zero attached hydrogens (tertiary/aromatic N) is 4. The van der Waals surface area contributed by atoms with Crippen molar-refractivity contribution >= 4 is 108 Å². The van der Waals surface area contributed by atoms with E-state index >= 15 is 0 Å². The van der Waals surface area contributed by atoms with Crippen molar-refractivity contribution in [3.8, 4) is 39.9 Å². The summed E-state index contributed by atoms with van der Waals surface area (Å²) in [6.45, 7) is 0. The van der Waals surface area contributed by atoms with Gasteiger partial charge in [-0.25, -0.2) is 15.0 Å². The highest BCUT2D eigenvalue weighted by Gasteiger charge is 2.24. The molecule has 7 heteroatoms. The maximum absolute atomic E-state index is 6.61. The molecule has 0 radical (unpaired) electrons. The molecule has 0 amide bonds. The van der Waals surface area contributed by atoms with Crippen molar-refractivity contribution in [1.82, 2.24) is 19.5 Å². The summed E-state index contributed by atoms with van der Waals surface area (Å²) < 4.78 is 17.9. The Morgan fingerprint density at radius 1 is 0.387 bits per heavy atom. The smallest absolute Gasteiger partial charge is 0.167 e. The normalized spacial score (nSPS) is 12.2. The standard InChI is InChI=1S/C55H30N4O2S/c1-2-14-33-31(13-1)27-28-45-49(33)39-18-3-7-23-44(39)59(45)32-29-42-36-17-6-10-26-48(36)62-52(42)43(30-32)55-57-53(40-21-11-19-37-34-15-4-8-24-46(34)60-50(37)40)56-54(58-55)41-22-12-20-38-35-16-5-9-25-47(35)61-51(38)41/h1-30H. The minimum Gasteiger partial charge on any atom is -0.455 e. The number of para-hydroxylation sites is 5. The van der Waals surface area contributed by atoms with Crippen LogP contribution < -0.4 is 0 Å². The van der Waals surface area contributed by atoms with E-state index in [1.54, 1.807) is 11.3 Å². The highest BCUT2D eigenvalue weighted by atomic mass is 32.1. The van der Waals surface area contributed by atoms with E-state index in [-0.39, 0.29) is 0 Å². The van der Waals surface area contributed by atoms with Crippen LogP contribution in [-0.2, 0) is 0 Å². The van der Waals surface area contributed by atoms with Crippen LogP contribution in [0, 0.1) is 0 Å². The minimum atomic E-state index is 0.519. The van der Waals surface area contributed by atoms with Crippen molar-refractivity contribution in [2.45, 2.75) is 0 Å². The first-order valence-corrected chi connectivity index (χ1v) is 21.5. The molecule has 0 unspecified atom stereocenters. The Bertz CT molecular complexity index is 4060. The van der Waals surface area contributed by atoms with Crippen LogP contribution in [0.4, 0.5) is 0 Å². The number of aromatic nitrogens is 4. The number of fused-ring (bicyclic) bond motifs is 14. The Morgan fingerprint density at radius 3 is 1.63 bits per heavy atom. The summed E-state index contributed by atoms with van der Waals surface area (Å²) in [5.74, 6) is 1.60. The lowest BCUT2D eigenvalue weighted by atomic mass is 10.0. The topological polar surface area (TPSA) is 69.9 Å². The van der Waals surface area contributed by atoms with E-state index in [0.29, 0.717) is 17.5 Å². The van der Waals surface area contributed by atoms with Crippen LogP contribution in [0.25, 0.3) is 136 Å². The van der Waals surface area contributed by atoms with Gasteiger partial charge in [0.05, 0.1) is 22.2 Å². The van der Waals surface area contributed by atoms with Crippen LogP contribution in [0.1, 0.15) is 0 Å². The quantitative estimate of drug-likeness (QED) is 0.177. The van der Waals surface area contributed by atoms with Gasteiger partial charge in [-0.2, -0.15) is 0 Å². The lowest BCUT2D eigenvalue weighted by Gasteiger charge is -2.13. The second-order valence-corrected chi connectivity index (χ2v) is 16.9. The molecule has 0 aliphatic carbocycles. The van der Waals surface area contributed by atoms with Gasteiger partial charge in [0.2, 0.25) is 0 Å². The second kappa shape index (κ2) is 12.7. The molecule has 9 aromatic carbocycles. The molecule has 0 atom stereocenters. The van der Waals surface area contributed by atoms with Gasteiger partial charge in [-0.15, -0.1) is 11.3 Å². The second-order valence-electron chi connectivity index (χ2n) is 15.9. The SMILES string of the molecule is c1ccc2c(c1)ccc1c2c2ccccc2n1-c1cc(-c2nc(-c3cccc4c3oc3ccccc34)nc(-c3cccc4c3oc3ccccc34)n2)c2sc3ccccc3c2c1. The van der Waals surface area contributed by atoms with Crippen molar-refractivity contribution in [2.24, 2.45) is 0 Å². The number of rotatable bonds is 4. The fourth-order valence-electron chi connectivity index (χ4n) is 9.71. The first-order chi connectivity index (χ1) is 30.7. The van der Waals surface area contributed by atoms with E-state index < -0.39 is 0 Å². The molecule has 14 aromatic rings. The number of furan rings is 2. The summed E-state index contributed by atoms with van der Waals surface area (Å²) in [6, 6.07) is 63.8. The van der Waals surface area contributed by atoms with E-state index in [9.17, 15) is 0 Å². The van der Waals surface area contributed by atoms with Gasteiger partial charge in [0.25, 0.3) is 0 Å². The predicted molar refractivity (Wildman–Crippen MR) is 255 cm³/mol. The van der Waals surface area contributed by atoms with Gasteiger partial charge in [-0.05, 0) is 65.4 Å². The Hall–Kier alpha value is -8.13. The summed E-state index contributed by atoms with van der Waals surface area (Å²) in [5.41, 5.74) is 8.90. The predicted octanol–water partition coefficient (Wildman–Crippen LogP) is 15.3. The lowest BCUT2D eigenvalue weighted by Crippen LogP contribution is -2.02. The monoisotopic (exact) mass is 810 g/mol. The van der Waals surface area contributed by atoms with E-state index in [1.165, 1.54) is 31.6 Å². The third-order valence-corrected chi connectivity index (χ3v) is 13.7. The molecule has 0 aliphatic heterocycles. The van der Waals surface area contributed by atoms with Crippen molar-refractivity contribution in [2.75, 3.05) is 0 Å². The van der Waals surface area contributed by atoms with E-state index in [2.05, 4.69) is 138 Å². The van der Waals surface area contributed by atoms with E-state index in [0.717, 1.165) is 87.4 Å². The van der Waals surface area contributed by atoms with Gasteiger partial charge in [0.1, 0.15) is 22.3 Å². The molecule has 0 N–H and O–H groups in total. The molecule has 288 valence electrons. The summed E-state index contributed by atoms with van der Waals surface area (Å²) in [4.78, 5) is 16.2. The molecule has 5 aromatic heterocycles. The molecule has 0 bridgehead atoms. The molecule has 62 heavy (non-hydrogen) atoms. The van der Waals surface area contributed by atoms with Gasteiger partial charge in [-0.3, -0.25) is 0 Å². The van der Waals surface area contributed by atoms with Crippen LogP contribution in [-0.4, -0.2) is 19.5 Å². The van der Waals surface area contributed by atoms with Gasteiger partial charge in [0.15, 0.2) is 17.5 Å². The average Bonchev–Trinajstić information content (AvgIpc) is 4.10. The van der Waals surface area contributed by atoms with Crippen LogP contribution in [0.5, 0.6) is 0 Å². The van der Waals surface area contributed by atoms with Crippen LogP contribution in [0.3, 0.4) is 0 Å². The fraction of sp³-hybridized carbons (Fsp3) is 0. The zero-order valence-electron chi connectivity index (χ0n) is 32.8. The number of thiophene rings is 1. The zero-order chi connectivity index (χ0) is 40.5. The fourth-order valence-corrected chi connectivity index (χ4v) is 10.9. The van der Waals surface area contributed by atoms with Crippen molar-refractivity contribution in [3.63, 3.8) is 0 Å². The zero-order valence-corrected chi connectivity index (χ0v) is 33.7. The maximum atomic E-state index is 6.61. The largest absolute Gasteiger partial charge is 0.455 e. The summed E-state index contributed by atoms with van der Waals surface area (Å²) in [7, 11) is 0. The molecule has 0 fully saturated rings. The van der Waals surface area contributed by atoms with Crippen molar-refractivity contribution in [3.05, 3.63) is 182 Å². The molecular formula is C55H30N4O2S. The first-order valence-electron chi connectivity index (χ1n) is 20.7. The van der Waals surface area contributed by atoms with Gasteiger partial charge in [0, 0.05) is 63.7 Å². The molecule has 0 spiro atoms. The maximum Gasteiger partial charge on any atom is 0.167 e. The molecule has 0 saturated heterocycles. The number of hydrogen-bond donors (Lipinski definition) is 0. The van der Waals surface area contributed by atoms with Gasteiger partial charge < -0.3 is 13.4 Å². The third kappa shape index (κ3) is 4.76. The highest BCUT2D eigenvalue weighted by Crippen LogP contribution is 2.45. The van der Waals surface area contributed by atoms with Crippen molar-refractivity contribution in [1.29, 1.82) is 0 Å². The minimum absolute atomic E-state index is 0.519. The molecular weight excluding hydrogens is 781 g/mol.